The fraction of sp³-hybridized carbons (Fsp3) is 0.714. The molecule has 2 aliphatic carbocycles. The number of fused-ring (bicyclic) bond motifs is 2. The van der Waals surface area contributed by atoms with Crippen molar-refractivity contribution >= 4 is 27.3 Å². The van der Waals surface area contributed by atoms with Gasteiger partial charge in [-0.3, -0.25) is 0 Å². The van der Waals surface area contributed by atoms with Crippen molar-refractivity contribution in [3.05, 3.63) is 20.8 Å². The van der Waals surface area contributed by atoms with E-state index in [1.807, 2.05) is 0 Å². The first-order valence-corrected chi connectivity index (χ1v) is 8.36. The number of halogens is 1. The van der Waals surface area contributed by atoms with Crippen molar-refractivity contribution in [1.29, 1.82) is 0 Å². The summed E-state index contributed by atoms with van der Waals surface area (Å²) >= 11 is 5.30. The Bertz CT molecular complexity index is 389. The van der Waals surface area contributed by atoms with Crippen molar-refractivity contribution in [2.75, 3.05) is 0 Å². The van der Waals surface area contributed by atoms with E-state index in [4.69, 9.17) is 0 Å². The number of hydrogen-bond acceptors (Lipinski definition) is 2. The van der Waals surface area contributed by atoms with Gasteiger partial charge in [-0.15, -0.1) is 11.3 Å². The first kappa shape index (κ1) is 12.2. The summed E-state index contributed by atoms with van der Waals surface area (Å²) in [4.78, 5) is 0. The molecule has 1 aromatic rings. The first-order chi connectivity index (χ1) is 8.22. The third kappa shape index (κ3) is 2.61. The van der Waals surface area contributed by atoms with Gasteiger partial charge >= 0.3 is 0 Å². The quantitative estimate of drug-likeness (QED) is 0.867. The maximum Gasteiger partial charge on any atom is 0.0701 e. The van der Waals surface area contributed by atoms with Crippen LogP contribution in [-0.2, 0) is 6.54 Å². The summed E-state index contributed by atoms with van der Waals surface area (Å²) in [5.74, 6) is 3.03. The molecule has 0 aliphatic heterocycles. The molecule has 1 nitrogen and oxygen atoms in total. The highest BCUT2D eigenvalue weighted by Crippen LogP contribution is 2.49. The number of nitrogens with one attached hydrogen (secondary N) is 1. The van der Waals surface area contributed by atoms with Crippen molar-refractivity contribution in [2.45, 2.75) is 45.2 Å². The Morgan fingerprint density at radius 3 is 2.94 bits per heavy atom. The number of hydrogen-bond donors (Lipinski definition) is 1. The van der Waals surface area contributed by atoms with Crippen LogP contribution in [0, 0.1) is 17.8 Å². The Kier molecular flexibility index (Phi) is 3.60. The van der Waals surface area contributed by atoms with E-state index in [1.54, 1.807) is 11.3 Å². The first-order valence-electron chi connectivity index (χ1n) is 6.68. The smallest absolute Gasteiger partial charge is 0.0701 e. The topological polar surface area (TPSA) is 12.0 Å². The summed E-state index contributed by atoms with van der Waals surface area (Å²) in [6.45, 7) is 3.41. The van der Waals surface area contributed by atoms with Crippen LogP contribution in [0.4, 0.5) is 0 Å². The standard InChI is InChI=1S/C14H20BrNS/c1-9(13-5-10-2-3-12(13)4-10)16-7-11-6-14(15)17-8-11/h6,8-10,12-13,16H,2-5,7H2,1H3. The average Bonchev–Trinajstić information content (AvgIpc) is 3.01. The van der Waals surface area contributed by atoms with Gasteiger partial charge in [0.2, 0.25) is 0 Å². The maximum atomic E-state index is 3.72. The van der Waals surface area contributed by atoms with Gasteiger partial charge in [0, 0.05) is 12.6 Å². The summed E-state index contributed by atoms with van der Waals surface area (Å²) in [6.07, 6.45) is 5.99. The third-order valence-electron chi connectivity index (χ3n) is 4.68. The van der Waals surface area contributed by atoms with Crippen LogP contribution in [0.2, 0.25) is 0 Å². The average molecular weight is 314 g/mol. The Hall–Kier alpha value is 0.140. The molecule has 2 aliphatic rings. The van der Waals surface area contributed by atoms with E-state index in [1.165, 1.54) is 35.0 Å². The second-order valence-corrected chi connectivity index (χ2v) is 8.06. The second kappa shape index (κ2) is 5.02. The molecule has 2 fully saturated rings. The van der Waals surface area contributed by atoms with Crippen molar-refractivity contribution in [3.8, 4) is 0 Å². The highest BCUT2D eigenvalue weighted by molar-refractivity contribution is 9.11. The zero-order chi connectivity index (χ0) is 11.8. The molecule has 4 atom stereocenters. The maximum absolute atomic E-state index is 3.72. The normalized spacial score (nSPS) is 33.2. The zero-order valence-corrected chi connectivity index (χ0v) is 12.7. The Labute approximate surface area is 116 Å². The highest BCUT2D eigenvalue weighted by atomic mass is 79.9. The molecular weight excluding hydrogens is 294 g/mol. The SMILES string of the molecule is CC(NCc1csc(Br)c1)C1CC2CCC1C2. The van der Waals surface area contributed by atoms with Crippen LogP contribution in [0.15, 0.2) is 15.2 Å². The van der Waals surface area contributed by atoms with Crippen molar-refractivity contribution < 1.29 is 0 Å². The number of rotatable bonds is 4. The molecule has 3 heteroatoms. The Balaban J connectivity index is 1.52. The van der Waals surface area contributed by atoms with Gasteiger partial charge in [0.1, 0.15) is 0 Å². The molecule has 1 aromatic heterocycles. The van der Waals surface area contributed by atoms with Gasteiger partial charge in [0.15, 0.2) is 0 Å². The minimum Gasteiger partial charge on any atom is -0.310 e. The molecule has 4 unspecified atom stereocenters. The molecule has 1 N–H and O–H groups in total. The molecule has 0 spiro atoms. The van der Waals surface area contributed by atoms with Crippen LogP contribution in [0.5, 0.6) is 0 Å². The zero-order valence-electron chi connectivity index (χ0n) is 10.3. The fourth-order valence-electron chi connectivity index (χ4n) is 3.77. The predicted octanol–water partition coefficient (Wildman–Crippen LogP) is 4.42. The molecule has 0 amide bonds. The van der Waals surface area contributed by atoms with Crippen LogP contribution >= 0.6 is 27.3 Å². The van der Waals surface area contributed by atoms with E-state index in [2.05, 4.69) is 39.6 Å². The van der Waals surface area contributed by atoms with E-state index >= 15 is 0 Å². The Morgan fingerprint density at radius 1 is 1.47 bits per heavy atom. The van der Waals surface area contributed by atoms with Crippen molar-refractivity contribution in [2.24, 2.45) is 17.8 Å². The van der Waals surface area contributed by atoms with E-state index in [0.717, 1.165) is 24.3 Å². The van der Waals surface area contributed by atoms with Gasteiger partial charge in [-0.1, -0.05) is 6.42 Å². The summed E-state index contributed by atoms with van der Waals surface area (Å²) in [7, 11) is 0. The lowest BCUT2D eigenvalue weighted by Crippen LogP contribution is -2.35. The highest BCUT2D eigenvalue weighted by Gasteiger charge is 2.41. The van der Waals surface area contributed by atoms with E-state index in [-0.39, 0.29) is 0 Å². The minimum absolute atomic E-state index is 0.684. The lowest BCUT2D eigenvalue weighted by atomic mass is 9.84. The van der Waals surface area contributed by atoms with Gasteiger partial charge < -0.3 is 5.32 Å². The van der Waals surface area contributed by atoms with Crippen LogP contribution in [0.1, 0.15) is 38.2 Å². The number of thiophene rings is 1. The van der Waals surface area contributed by atoms with Crippen molar-refractivity contribution in [3.63, 3.8) is 0 Å². The fourth-order valence-corrected chi connectivity index (χ4v) is 4.98. The lowest BCUT2D eigenvalue weighted by Gasteiger charge is -2.28. The van der Waals surface area contributed by atoms with Crippen LogP contribution < -0.4 is 5.32 Å². The molecule has 0 aromatic carbocycles. The van der Waals surface area contributed by atoms with E-state index in [9.17, 15) is 0 Å². The predicted molar refractivity (Wildman–Crippen MR) is 77.3 cm³/mol. The molecule has 0 saturated heterocycles. The van der Waals surface area contributed by atoms with Crippen molar-refractivity contribution in [1.82, 2.24) is 5.32 Å². The van der Waals surface area contributed by atoms with Gasteiger partial charge in [-0.2, -0.15) is 0 Å². The summed E-state index contributed by atoms with van der Waals surface area (Å²) in [6, 6.07) is 2.91. The van der Waals surface area contributed by atoms with Crippen LogP contribution in [-0.4, -0.2) is 6.04 Å². The second-order valence-electron chi connectivity index (χ2n) is 5.77. The molecule has 0 radical (unpaired) electrons. The van der Waals surface area contributed by atoms with E-state index in [0.29, 0.717) is 6.04 Å². The monoisotopic (exact) mass is 313 g/mol. The molecule has 3 rings (SSSR count). The van der Waals surface area contributed by atoms with Crippen LogP contribution in [0.3, 0.4) is 0 Å². The van der Waals surface area contributed by atoms with Gasteiger partial charge in [-0.25, -0.2) is 0 Å². The lowest BCUT2D eigenvalue weighted by molar-refractivity contribution is 0.259. The van der Waals surface area contributed by atoms with Gasteiger partial charge in [-0.05, 0) is 76.9 Å². The van der Waals surface area contributed by atoms with E-state index < -0.39 is 0 Å². The summed E-state index contributed by atoms with van der Waals surface area (Å²) < 4.78 is 1.24. The minimum atomic E-state index is 0.684. The third-order valence-corrected chi connectivity index (χ3v) is 6.24. The Morgan fingerprint density at radius 2 is 2.35 bits per heavy atom. The summed E-state index contributed by atoms with van der Waals surface area (Å²) in [5, 5.41) is 5.97. The molecule has 2 bridgehead atoms. The van der Waals surface area contributed by atoms with Gasteiger partial charge in [0.05, 0.1) is 3.79 Å². The van der Waals surface area contributed by atoms with Gasteiger partial charge in [0.25, 0.3) is 0 Å². The molecule has 94 valence electrons. The molecular formula is C14H20BrNS. The molecule has 17 heavy (non-hydrogen) atoms. The van der Waals surface area contributed by atoms with Crippen LogP contribution in [0.25, 0.3) is 0 Å². The summed E-state index contributed by atoms with van der Waals surface area (Å²) in [5.41, 5.74) is 1.41. The molecule has 1 heterocycles. The molecule has 2 saturated carbocycles. The largest absolute Gasteiger partial charge is 0.310 e.